The minimum absolute atomic E-state index is 0.0897. The number of aromatic amines is 1. The minimum atomic E-state index is -5.23. The molecule has 0 bridgehead atoms. The van der Waals surface area contributed by atoms with Gasteiger partial charge in [-0.1, -0.05) is 11.6 Å². The van der Waals surface area contributed by atoms with Crippen molar-refractivity contribution in [2.24, 2.45) is 5.92 Å². The van der Waals surface area contributed by atoms with Gasteiger partial charge in [-0.3, -0.25) is 4.79 Å². The molecule has 1 aromatic heterocycles. The molecule has 3 heterocycles. The molecular formula is C25H23ClF4N4O3. The van der Waals surface area contributed by atoms with Gasteiger partial charge in [0.25, 0.3) is 5.91 Å². The Hall–Kier alpha value is -3.31. The zero-order valence-electron chi connectivity index (χ0n) is 19.4. The molecule has 1 atom stereocenters. The average Bonchev–Trinajstić information content (AvgIpc) is 3.26. The molecule has 2 aliphatic heterocycles. The van der Waals surface area contributed by atoms with Gasteiger partial charge < -0.3 is 20.0 Å². The number of rotatable bonds is 5. The van der Waals surface area contributed by atoms with Crippen LogP contribution in [0, 0.1) is 11.7 Å². The van der Waals surface area contributed by atoms with Gasteiger partial charge in [0.15, 0.2) is 0 Å². The quantitative estimate of drug-likeness (QED) is 0.456. The van der Waals surface area contributed by atoms with Crippen LogP contribution in [0.5, 0.6) is 0 Å². The molecule has 5 rings (SSSR count). The Morgan fingerprint density at radius 2 is 1.89 bits per heavy atom. The van der Waals surface area contributed by atoms with Gasteiger partial charge in [0.1, 0.15) is 12.0 Å². The fraction of sp³-hybridized carbons (Fsp3) is 0.360. The summed E-state index contributed by atoms with van der Waals surface area (Å²) in [5, 5.41) is 5.09. The maximum absolute atomic E-state index is 13.7. The smallest absolute Gasteiger partial charge is 0.361 e. The third-order valence-corrected chi connectivity index (χ3v) is 7.13. The van der Waals surface area contributed by atoms with E-state index in [0.717, 1.165) is 52.7 Å². The third kappa shape index (κ3) is 5.24. The Morgan fingerprint density at radius 3 is 2.62 bits per heavy atom. The topological polar surface area (TPSA) is 77.7 Å². The van der Waals surface area contributed by atoms with E-state index in [0.29, 0.717) is 31.0 Å². The molecule has 0 spiro atoms. The van der Waals surface area contributed by atoms with Crippen LogP contribution in [-0.2, 0) is 16.1 Å². The number of hydrogen-bond acceptors (Lipinski definition) is 5. The summed E-state index contributed by atoms with van der Waals surface area (Å²) in [4.78, 5) is 34.5. The summed E-state index contributed by atoms with van der Waals surface area (Å²) in [6.07, 6.45) is -2.43. The van der Waals surface area contributed by atoms with Gasteiger partial charge in [-0.25, -0.2) is 9.18 Å². The molecule has 7 nitrogen and oxygen atoms in total. The van der Waals surface area contributed by atoms with Crippen molar-refractivity contribution in [3.05, 3.63) is 64.6 Å². The Labute approximate surface area is 214 Å². The summed E-state index contributed by atoms with van der Waals surface area (Å²) < 4.78 is 52.7. The van der Waals surface area contributed by atoms with Crippen LogP contribution >= 0.6 is 11.6 Å². The first-order valence-electron chi connectivity index (χ1n) is 11.8. The van der Waals surface area contributed by atoms with Crippen molar-refractivity contribution in [1.29, 1.82) is 0 Å². The maximum Gasteiger partial charge on any atom is 0.493 e. The molecule has 2 N–H and O–H groups in total. The monoisotopic (exact) mass is 538 g/mol. The summed E-state index contributed by atoms with van der Waals surface area (Å²) in [6.45, 7) is 2.03. The maximum atomic E-state index is 13.7. The second-order valence-electron chi connectivity index (χ2n) is 9.21. The second-order valence-corrected chi connectivity index (χ2v) is 9.65. The lowest BCUT2D eigenvalue weighted by Gasteiger charge is -2.43. The number of nitrogens with zero attached hydrogens (tertiary/aromatic N) is 2. The number of anilines is 1. The molecule has 1 fully saturated rings. The zero-order chi connectivity index (χ0) is 26.3. The molecule has 12 heteroatoms. The number of alkyl halides is 3. The van der Waals surface area contributed by atoms with Crippen molar-refractivity contribution in [2.75, 3.05) is 24.7 Å². The molecule has 2 aromatic carbocycles. The van der Waals surface area contributed by atoms with Crippen molar-refractivity contribution < 1.29 is 32.0 Å². The number of hydroxylamine groups is 1. The molecule has 0 radical (unpaired) electrons. The first-order chi connectivity index (χ1) is 17.6. The second kappa shape index (κ2) is 9.86. The SMILES string of the molecule is O=C1NC(C2CCN(CCc3c[nH]c4ccc(Cl)cc34)CC2)N(OC(=O)C(F)(F)F)c2ccc(F)cc21. The highest BCUT2D eigenvalue weighted by Gasteiger charge is 2.46. The fourth-order valence-electron chi connectivity index (χ4n) is 4.99. The molecule has 1 unspecified atom stereocenters. The van der Waals surface area contributed by atoms with E-state index < -0.39 is 30.0 Å². The highest BCUT2D eigenvalue weighted by molar-refractivity contribution is 6.31. The number of benzene rings is 2. The Balaban J connectivity index is 1.28. The van der Waals surface area contributed by atoms with E-state index in [4.69, 9.17) is 16.4 Å². The number of amides is 1. The van der Waals surface area contributed by atoms with Crippen LogP contribution < -0.4 is 10.4 Å². The van der Waals surface area contributed by atoms with E-state index in [1.54, 1.807) is 0 Å². The number of hydrogen-bond donors (Lipinski definition) is 2. The number of likely N-dealkylation sites (tertiary alicyclic amines) is 1. The Kier molecular flexibility index (Phi) is 6.76. The van der Waals surface area contributed by atoms with Gasteiger partial charge in [0.05, 0.1) is 11.3 Å². The number of carbonyl (C=O) groups is 2. The Bertz CT molecular complexity index is 1340. The number of carbonyl (C=O) groups excluding carboxylic acids is 2. The molecule has 196 valence electrons. The summed E-state index contributed by atoms with van der Waals surface area (Å²) in [7, 11) is 0. The van der Waals surface area contributed by atoms with E-state index >= 15 is 0 Å². The van der Waals surface area contributed by atoms with Crippen molar-refractivity contribution in [3.8, 4) is 0 Å². The van der Waals surface area contributed by atoms with Crippen molar-refractivity contribution in [3.63, 3.8) is 0 Å². The van der Waals surface area contributed by atoms with Crippen LogP contribution in [-0.4, -0.2) is 53.7 Å². The van der Waals surface area contributed by atoms with Crippen molar-refractivity contribution >= 4 is 40.1 Å². The van der Waals surface area contributed by atoms with E-state index in [1.807, 2.05) is 24.4 Å². The molecule has 0 aliphatic carbocycles. The summed E-state index contributed by atoms with van der Waals surface area (Å²) >= 11 is 6.13. The van der Waals surface area contributed by atoms with Gasteiger partial charge in [-0.2, -0.15) is 18.2 Å². The minimum Gasteiger partial charge on any atom is -0.361 e. The van der Waals surface area contributed by atoms with Gasteiger partial charge in [0, 0.05) is 34.6 Å². The number of piperidine rings is 1. The zero-order valence-corrected chi connectivity index (χ0v) is 20.2. The summed E-state index contributed by atoms with van der Waals surface area (Å²) in [6, 6.07) is 8.71. The largest absolute Gasteiger partial charge is 0.493 e. The molecule has 3 aromatic rings. The van der Waals surface area contributed by atoms with Gasteiger partial charge in [-0.15, -0.1) is 0 Å². The molecule has 0 saturated carbocycles. The summed E-state index contributed by atoms with van der Waals surface area (Å²) in [5.41, 5.74) is 1.84. The standard InChI is InChI=1S/C25H23ClF4N4O3/c26-16-1-3-20-18(11-16)15(13-31-20)7-10-33-8-5-14(6-9-33)22-32-23(35)19-12-17(27)2-4-21(19)34(22)37-24(36)25(28,29)30/h1-4,11-14,22,31H,5-10H2,(H,32,35). The van der Waals surface area contributed by atoms with Gasteiger partial charge in [0.2, 0.25) is 0 Å². The number of aromatic nitrogens is 1. The first kappa shape index (κ1) is 25.3. The normalized spacial score (nSPS) is 19.1. The molecule has 37 heavy (non-hydrogen) atoms. The van der Waals surface area contributed by atoms with Crippen LogP contribution in [0.3, 0.4) is 0 Å². The van der Waals surface area contributed by atoms with Gasteiger partial charge >= 0.3 is 12.1 Å². The van der Waals surface area contributed by atoms with Gasteiger partial charge in [-0.05, 0) is 74.3 Å². The lowest BCUT2D eigenvalue weighted by molar-refractivity contribution is -0.203. The van der Waals surface area contributed by atoms with E-state index in [2.05, 4.69) is 15.2 Å². The fourth-order valence-corrected chi connectivity index (χ4v) is 5.16. The highest BCUT2D eigenvalue weighted by atomic mass is 35.5. The molecule has 1 amide bonds. The van der Waals surface area contributed by atoms with Crippen LogP contribution in [0.25, 0.3) is 10.9 Å². The summed E-state index contributed by atoms with van der Waals surface area (Å²) in [5.74, 6) is -4.09. The molecule has 2 aliphatic rings. The molecular weight excluding hydrogens is 516 g/mol. The predicted molar refractivity (Wildman–Crippen MR) is 128 cm³/mol. The lowest BCUT2D eigenvalue weighted by Crippen LogP contribution is -2.59. The van der Waals surface area contributed by atoms with E-state index in [1.165, 1.54) is 0 Å². The molecule has 1 saturated heterocycles. The van der Waals surface area contributed by atoms with Crippen LogP contribution in [0.2, 0.25) is 5.02 Å². The number of halogens is 5. The van der Waals surface area contributed by atoms with Crippen LogP contribution in [0.1, 0.15) is 28.8 Å². The predicted octanol–water partition coefficient (Wildman–Crippen LogP) is 4.81. The van der Waals surface area contributed by atoms with Crippen LogP contribution in [0.4, 0.5) is 23.2 Å². The number of nitrogens with one attached hydrogen (secondary N) is 2. The highest BCUT2D eigenvalue weighted by Crippen LogP contribution is 2.34. The number of fused-ring (bicyclic) bond motifs is 2. The number of H-pyrrole nitrogens is 1. The third-order valence-electron chi connectivity index (χ3n) is 6.89. The first-order valence-corrected chi connectivity index (χ1v) is 12.1. The van der Waals surface area contributed by atoms with Crippen molar-refractivity contribution in [1.82, 2.24) is 15.2 Å². The Morgan fingerprint density at radius 1 is 1.14 bits per heavy atom. The van der Waals surface area contributed by atoms with Crippen LogP contribution in [0.15, 0.2) is 42.6 Å². The lowest BCUT2D eigenvalue weighted by atomic mass is 9.91. The van der Waals surface area contributed by atoms with E-state index in [-0.39, 0.29) is 17.2 Å². The van der Waals surface area contributed by atoms with Crippen molar-refractivity contribution in [2.45, 2.75) is 31.6 Å². The average molecular weight is 539 g/mol. The van der Waals surface area contributed by atoms with E-state index in [9.17, 15) is 27.2 Å².